The summed E-state index contributed by atoms with van der Waals surface area (Å²) in [5.41, 5.74) is 1.99. The number of hydrogen-bond acceptors (Lipinski definition) is 3. The van der Waals surface area contributed by atoms with E-state index in [0.29, 0.717) is 6.04 Å². The number of rotatable bonds is 4. The molecule has 3 atom stereocenters. The van der Waals surface area contributed by atoms with Crippen molar-refractivity contribution in [3.63, 3.8) is 0 Å². The number of benzene rings is 1. The maximum absolute atomic E-state index is 12.6. The molecule has 0 saturated heterocycles. The molecule has 0 amide bonds. The maximum atomic E-state index is 12.6. The van der Waals surface area contributed by atoms with Gasteiger partial charge < -0.3 is 5.32 Å². The van der Waals surface area contributed by atoms with Crippen LogP contribution in [0.4, 0.5) is 0 Å². The monoisotopic (exact) mass is 281 g/mol. The minimum Gasteiger partial charge on any atom is -0.317 e. The summed E-state index contributed by atoms with van der Waals surface area (Å²) in [6.07, 6.45) is 1.73. The zero-order valence-corrected chi connectivity index (χ0v) is 12.7. The Morgan fingerprint density at radius 2 is 1.95 bits per heavy atom. The average Bonchev–Trinajstić information content (AvgIpc) is 2.74. The third-order valence-electron chi connectivity index (χ3n) is 4.43. The molecule has 0 bridgehead atoms. The molecule has 1 saturated carbocycles. The summed E-state index contributed by atoms with van der Waals surface area (Å²) in [5, 5.41) is 3.02. The van der Waals surface area contributed by atoms with Crippen LogP contribution >= 0.6 is 0 Å². The van der Waals surface area contributed by atoms with E-state index in [1.165, 1.54) is 0 Å². The molecular weight excluding hydrogens is 258 g/mol. The van der Waals surface area contributed by atoms with Crippen LogP contribution in [0.25, 0.3) is 0 Å². The number of aryl methyl sites for hydroxylation is 1. The summed E-state index contributed by atoms with van der Waals surface area (Å²) in [6.45, 7) is 4.02. The molecule has 3 nitrogen and oxygen atoms in total. The van der Waals surface area contributed by atoms with Crippen molar-refractivity contribution in [1.29, 1.82) is 0 Å². The molecule has 0 radical (unpaired) electrons. The van der Waals surface area contributed by atoms with Crippen molar-refractivity contribution >= 4 is 9.84 Å². The molecule has 2 rings (SSSR count). The van der Waals surface area contributed by atoms with Crippen molar-refractivity contribution in [3.05, 3.63) is 35.4 Å². The van der Waals surface area contributed by atoms with Gasteiger partial charge in [-0.1, -0.05) is 31.2 Å². The van der Waals surface area contributed by atoms with E-state index in [9.17, 15) is 8.42 Å². The highest BCUT2D eigenvalue weighted by atomic mass is 32.2. The van der Waals surface area contributed by atoms with Crippen molar-refractivity contribution < 1.29 is 8.42 Å². The molecule has 1 aromatic carbocycles. The Hall–Kier alpha value is -0.870. The molecule has 0 spiro atoms. The van der Waals surface area contributed by atoms with Crippen LogP contribution in [-0.4, -0.2) is 26.8 Å². The Labute approximate surface area is 116 Å². The molecule has 0 aliphatic heterocycles. The SMILES string of the molecule is CNC1CCC(S(=O)(=O)Cc2ccccc2C)C1C. The number of hydrogen-bond donors (Lipinski definition) is 1. The second-order valence-corrected chi connectivity index (χ2v) is 7.82. The summed E-state index contributed by atoms with van der Waals surface area (Å²) < 4.78 is 25.2. The maximum Gasteiger partial charge on any atom is 0.157 e. The molecule has 106 valence electrons. The van der Waals surface area contributed by atoms with E-state index in [0.717, 1.165) is 24.0 Å². The largest absolute Gasteiger partial charge is 0.317 e. The standard InChI is InChI=1S/C15H23NO2S/c1-11-6-4-5-7-13(11)10-19(17,18)15-9-8-14(16-3)12(15)2/h4-7,12,14-16H,8-10H2,1-3H3. The van der Waals surface area contributed by atoms with Gasteiger partial charge in [-0.3, -0.25) is 0 Å². The molecule has 1 fully saturated rings. The predicted octanol–water partition coefficient (Wildman–Crippen LogP) is 2.30. The van der Waals surface area contributed by atoms with Crippen LogP contribution in [0.5, 0.6) is 0 Å². The Balaban J connectivity index is 2.18. The molecular formula is C15H23NO2S. The van der Waals surface area contributed by atoms with Gasteiger partial charge in [0.1, 0.15) is 0 Å². The van der Waals surface area contributed by atoms with Crippen LogP contribution in [0.1, 0.15) is 30.9 Å². The second-order valence-electron chi connectivity index (χ2n) is 5.60. The van der Waals surface area contributed by atoms with Crippen LogP contribution in [-0.2, 0) is 15.6 Å². The lowest BCUT2D eigenvalue weighted by Crippen LogP contribution is -2.34. The van der Waals surface area contributed by atoms with Crippen molar-refractivity contribution in [2.24, 2.45) is 5.92 Å². The predicted molar refractivity (Wildman–Crippen MR) is 78.8 cm³/mol. The summed E-state index contributed by atoms with van der Waals surface area (Å²) in [5.74, 6) is 0.365. The molecule has 1 aliphatic carbocycles. The fraction of sp³-hybridized carbons (Fsp3) is 0.600. The smallest absolute Gasteiger partial charge is 0.157 e. The van der Waals surface area contributed by atoms with E-state index < -0.39 is 9.84 Å². The highest BCUT2D eigenvalue weighted by Gasteiger charge is 2.40. The summed E-state index contributed by atoms with van der Waals surface area (Å²) >= 11 is 0. The highest BCUT2D eigenvalue weighted by Crippen LogP contribution is 2.33. The Morgan fingerprint density at radius 3 is 2.53 bits per heavy atom. The van der Waals surface area contributed by atoms with E-state index in [4.69, 9.17) is 0 Å². The second kappa shape index (κ2) is 5.63. The van der Waals surface area contributed by atoms with Gasteiger partial charge in [0.2, 0.25) is 0 Å². The zero-order chi connectivity index (χ0) is 14.0. The van der Waals surface area contributed by atoms with Crippen molar-refractivity contribution in [1.82, 2.24) is 5.32 Å². The lowest BCUT2D eigenvalue weighted by atomic mass is 10.1. The van der Waals surface area contributed by atoms with Crippen LogP contribution in [0.3, 0.4) is 0 Å². The van der Waals surface area contributed by atoms with Gasteiger partial charge in [0.15, 0.2) is 9.84 Å². The first-order chi connectivity index (χ1) is 8.95. The van der Waals surface area contributed by atoms with E-state index in [1.807, 2.05) is 45.2 Å². The van der Waals surface area contributed by atoms with Gasteiger partial charge in [0, 0.05) is 6.04 Å². The molecule has 0 aromatic heterocycles. The molecule has 3 unspecified atom stereocenters. The quantitative estimate of drug-likeness (QED) is 0.921. The van der Waals surface area contributed by atoms with Gasteiger partial charge in [-0.2, -0.15) is 0 Å². The van der Waals surface area contributed by atoms with Gasteiger partial charge >= 0.3 is 0 Å². The number of sulfone groups is 1. The van der Waals surface area contributed by atoms with Crippen molar-refractivity contribution in [2.45, 2.75) is 43.7 Å². The molecule has 19 heavy (non-hydrogen) atoms. The van der Waals surface area contributed by atoms with Gasteiger partial charge in [-0.15, -0.1) is 0 Å². The van der Waals surface area contributed by atoms with Gasteiger partial charge in [0.05, 0.1) is 11.0 Å². The fourth-order valence-corrected chi connectivity index (χ4v) is 5.45. The first-order valence-corrected chi connectivity index (χ1v) is 8.60. The van der Waals surface area contributed by atoms with Crippen LogP contribution < -0.4 is 5.32 Å². The lowest BCUT2D eigenvalue weighted by molar-refractivity contribution is 0.453. The molecule has 1 aliphatic rings. The summed E-state index contributed by atoms with van der Waals surface area (Å²) in [7, 11) is -1.15. The molecule has 1 N–H and O–H groups in total. The van der Waals surface area contributed by atoms with Crippen molar-refractivity contribution in [2.75, 3.05) is 7.05 Å². The topological polar surface area (TPSA) is 46.2 Å². The fourth-order valence-electron chi connectivity index (χ4n) is 3.14. The average molecular weight is 281 g/mol. The van der Waals surface area contributed by atoms with E-state index >= 15 is 0 Å². The van der Waals surface area contributed by atoms with Gasteiger partial charge in [-0.25, -0.2) is 8.42 Å². The van der Waals surface area contributed by atoms with Gasteiger partial charge in [0.25, 0.3) is 0 Å². The first kappa shape index (κ1) is 14.5. The minimum absolute atomic E-state index is 0.172. The third-order valence-corrected chi connectivity index (χ3v) is 6.73. The van der Waals surface area contributed by atoms with Crippen LogP contribution in [0.2, 0.25) is 0 Å². The number of nitrogens with one attached hydrogen (secondary N) is 1. The third kappa shape index (κ3) is 3.00. The molecule has 1 aromatic rings. The zero-order valence-electron chi connectivity index (χ0n) is 11.9. The Kier molecular flexibility index (Phi) is 4.31. The summed E-state index contributed by atoms with van der Waals surface area (Å²) in [6, 6.07) is 8.07. The summed E-state index contributed by atoms with van der Waals surface area (Å²) in [4.78, 5) is 0. The van der Waals surface area contributed by atoms with E-state index in [1.54, 1.807) is 0 Å². The van der Waals surface area contributed by atoms with E-state index in [2.05, 4.69) is 5.32 Å². The minimum atomic E-state index is -3.07. The molecule has 4 heteroatoms. The first-order valence-electron chi connectivity index (χ1n) is 6.89. The van der Waals surface area contributed by atoms with Crippen LogP contribution in [0, 0.1) is 12.8 Å². The normalized spacial score (nSPS) is 27.6. The Bertz CT molecular complexity index is 539. The van der Waals surface area contributed by atoms with Crippen LogP contribution in [0.15, 0.2) is 24.3 Å². The Morgan fingerprint density at radius 1 is 1.26 bits per heavy atom. The van der Waals surface area contributed by atoms with Gasteiger partial charge in [-0.05, 0) is 43.9 Å². The van der Waals surface area contributed by atoms with E-state index in [-0.39, 0.29) is 16.9 Å². The van der Waals surface area contributed by atoms with Crippen molar-refractivity contribution in [3.8, 4) is 0 Å². The molecule has 0 heterocycles. The lowest BCUT2D eigenvalue weighted by Gasteiger charge is -2.21. The highest BCUT2D eigenvalue weighted by molar-refractivity contribution is 7.91.